The van der Waals surface area contributed by atoms with Crippen LogP contribution >= 0.6 is 23.6 Å². The van der Waals surface area contributed by atoms with Crippen molar-refractivity contribution in [3.05, 3.63) is 59.7 Å². The van der Waals surface area contributed by atoms with E-state index in [1.807, 2.05) is 13.8 Å². The van der Waals surface area contributed by atoms with Gasteiger partial charge in [-0.2, -0.15) is 0 Å². The van der Waals surface area contributed by atoms with Crippen molar-refractivity contribution in [3.63, 3.8) is 0 Å². The Morgan fingerprint density at radius 2 is 0.846 bits per heavy atom. The molecule has 0 bridgehead atoms. The van der Waals surface area contributed by atoms with Crippen LogP contribution in [-0.2, 0) is 20.0 Å². The summed E-state index contributed by atoms with van der Waals surface area (Å²) in [6, 6.07) is 12.8. The molecule has 6 nitrogen and oxygen atoms in total. The van der Waals surface area contributed by atoms with Gasteiger partial charge in [-0.3, -0.25) is 0 Å². The fourth-order valence-electron chi connectivity index (χ4n) is 1.52. The van der Waals surface area contributed by atoms with Gasteiger partial charge in [-0.15, -0.1) is 8.48 Å². The van der Waals surface area contributed by atoms with Gasteiger partial charge in [0.05, 0.1) is 9.79 Å². The first-order valence-corrected chi connectivity index (χ1v) is 10.2. The number of benzene rings is 2. The van der Waals surface area contributed by atoms with Gasteiger partial charge in [-0.05, 0) is 61.7 Å². The summed E-state index contributed by atoms with van der Waals surface area (Å²) in [5, 5.41) is 0. The van der Waals surface area contributed by atoms with E-state index in [2.05, 4.69) is 0 Å². The Morgan fingerprint density at radius 1 is 0.615 bits per heavy atom. The van der Waals surface area contributed by atoms with Crippen molar-refractivity contribution in [2.75, 3.05) is 0 Å². The van der Waals surface area contributed by atoms with Crippen LogP contribution in [0.5, 0.6) is 0 Å². The Bertz CT molecular complexity index is 801. The molecule has 0 saturated heterocycles. The molecule has 2 rings (SSSR count). The number of hydrogen-bond acceptors (Lipinski definition) is 4. The molecule has 0 fully saturated rings. The standard InChI is InChI=1S/2C7H8ClNO2S.2Na.2H/c2*1-6-2-4-7(5-3-6)12(10,11)9-8;;;;/h2*2-5,9H,1H3;;;;. The van der Waals surface area contributed by atoms with Gasteiger partial charge in [0.25, 0.3) is 20.0 Å². The minimum atomic E-state index is -3.50. The van der Waals surface area contributed by atoms with E-state index >= 15 is 0 Å². The molecule has 2 N–H and O–H groups in total. The van der Waals surface area contributed by atoms with Crippen molar-refractivity contribution < 1.29 is 16.8 Å². The zero-order valence-corrected chi connectivity index (χ0v) is 16.0. The Labute approximate surface area is 209 Å². The molecule has 2 aromatic carbocycles. The average molecular weight is 459 g/mol. The minimum absolute atomic E-state index is 0. The Balaban J connectivity index is 0. The summed E-state index contributed by atoms with van der Waals surface area (Å²) in [5.41, 5.74) is 2.01. The molecule has 12 heteroatoms. The van der Waals surface area contributed by atoms with Gasteiger partial charge < -0.3 is 0 Å². The second-order valence-corrected chi connectivity index (χ2v) is 8.98. The van der Waals surface area contributed by atoms with Crippen molar-refractivity contribution in [2.24, 2.45) is 0 Å². The third kappa shape index (κ3) is 9.36. The number of aryl methyl sites for hydroxylation is 2. The van der Waals surface area contributed by atoms with Crippen LogP contribution in [0.15, 0.2) is 58.3 Å². The summed E-state index contributed by atoms with van der Waals surface area (Å²) in [6.45, 7) is 3.76. The normalized spacial score (nSPS) is 10.6. The molecule has 0 radical (unpaired) electrons. The molecule has 0 aliphatic carbocycles. The van der Waals surface area contributed by atoms with Crippen LogP contribution in [0.1, 0.15) is 11.1 Å². The summed E-state index contributed by atoms with van der Waals surface area (Å²) >= 11 is 10.1. The Hall–Kier alpha value is 0.840. The van der Waals surface area contributed by atoms with Crippen LogP contribution in [-0.4, -0.2) is 76.0 Å². The number of rotatable bonds is 4. The molecule has 0 spiro atoms. The molecule has 2 aromatic rings. The number of halogens is 2. The van der Waals surface area contributed by atoms with Gasteiger partial charge >= 0.3 is 59.1 Å². The summed E-state index contributed by atoms with van der Waals surface area (Å²) in [7, 11) is -7.00. The summed E-state index contributed by atoms with van der Waals surface area (Å²) in [6.07, 6.45) is 0. The van der Waals surface area contributed by atoms with Crippen LogP contribution in [0.25, 0.3) is 0 Å². The molecule has 136 valence electrons. The van der Waals surface area contributed by atoms with E-state index < -0.39 is 20.0 Å². The molecular formula is C14H18Cl2N2Na2O4S2. The fraction of sp³-hybridized carbons (Fsp3) is 0.143. The molecule has 0 amide bonds. The first-order chi connectivity index (χ1) is 11.1. The van der Waals surface area contributed by atoms with E-state index in [1.165, 1.54) is 24.3 Å². The summed E-state index contributed by atoms with van der Waals surface area (Å²) < 4.78 is 47.7. The van der Waals surface area contributed by atoms with Gasteiger partial charge in [0.15, 0.2) is 0 Å². The Kier molecular flexibility index (Phi) is 14.7. The van der Waals surface area contributed by atoms with Crippen LogP contribution in [0, 0.1) is 13.8 Å². The van der Waals surface area contributed by atoms with Gasteiger partial charge in [0.1, 0.15) is 0 Å². The Morgan fingerprint density at radius 3 is 1.04 bits per heavy atom. The second-order valence-electron chi connectivity index (χ2n) is 4.79. The summed E-state index contributed by atoms with van der Waals surface area (Å²) in [4.78, 5) is 0.339. The molecule has 0 saturated carbocycles. The third-order valence-electron chi connectivity index (χ3n) is 2.87. The summed E-state index contributed by atoms with van der Waals surface area (Å²) in [5.74, 6) is 0. The van der Waals surface area contributed by atoms with Crippen LogP contribution in [0.3, 0.4) is 0 Å². The van der Waals surface area contributed by atoms with Crippen LogP contribution in [0.4, 0.5) is 0 Å². The van der Waals surface area contributed by atoms with Crippen LogP contribution in [0.2, 0.25) is 0 Å². The second kappa shape index (κ2) is 13.1. The molecule has 26 heavy (non-hydrogen) atoms. The van der Waals surface area contributed by atoms with Crippen molar-refractivity contribution in [3.8, 4) is 0 Å². The predicted molar refractivity (Wildman–Crippen MR) is 109 cm³/mol. The van der Waals surface area contributed by atoms with E-state index in [0.717, 1.165) is 11.1 Å². The fourth-order valence-corrected chi connectivity index (χ4v) is 3.23. The zero-order chi connectivity index (χ0) is 18.4. The number of hydrogen-bond donors (Lipinski definition) is 2. The van der Waals surface area contributed by atoms with E-state index in [9.17, 15) is 16.8 Å². The maximum absolute atomic E-state index is 11.1. The average Bonchev–Trinajstić information content (AvgIpc) is 2.56. The van der Waals surface area contributed by atoms with Crippen molar-refractivity contribution in [2.45, 2.75) is 23.6 Å². The monoisotopic (exact) mass is 458 g/mol. The molecule has 0 heterocycles. The van der Waals surface area contributed by atoms with E-state index in [4.69, 9.17) is 23.6 Å². The molecular weight excluding hydrogens is 441 g/mol. The third-order valence-corrected chi connectivity index (χ3v) is 6.28. The first-order valence-electron chi connectivity index (χ1n) is 6.50. The molecule has 0 unspecified atom stereocenters. The quantitative estimate of drug-likeness (QED) is 0.536. The first kappa shape index (κ1) is 29.0. The van der Waals surface area contributed by atoms with Crippen molar-refractivity contribution in [1.29, 1.82) is 0 Å². The van der Waals surface area contributed by atoms with E-state index in [-0.39, 0.29) is 68.9 Å². The maximum atomic E-state index is 11.1. The van der Waals surface area contributed by atoms with Gasteiger partial charge in [-0.25, -0.2) is 16.8 Å². The van der Waals surface area contributed by atoms with Crippen molar-refractivity contribution >= 4 is 103 Å². The number of sulfonamides is 2. The van der Waals surface area contributed by atoms with Gasteiger partial charge in [0, 0.05) is 0 Å². The van der Waals surface area contributed by atoms with Crippen molar-refractivity contribution in [1.82, 2.24) is 8.48 Å². The molecule has 0 atom stereocenters. The zero-order valence-electron chi connectivity index (χ0n) is 12.8. The SMILES string of the molecule is Cc1ccc(S(=O)(=O)NCl)cc1.Cc1ccc(S(=O)(=O)NCl)cc1.[NaH].[NaH]. The van der Waals surface area contributed by atoms with Crippen LogP contribution < -0.4 is 8.48 Å². The molecule has 0 aliphatic heterocycles. The number of nitrogens with one attached hydrogen (secondary N) is 2. The van der Waals surface area contributed by atoms with E-state index in [1.54, 1.807) is 32.7 Å². The van der Waals surface area contributed by atoms with E-state index in [0.29, 0.717) is 0 Å². The topological polar surface area (TPSA) is 92.3 Å². The van der Waals surface area contributed by atoms with Gasteiger partial charge in [0.2, 0.25) is 0 Å². The molecule has 0 aromatic heterocycles. The van der Waals surface area contributed by atoms with Gasteiger partial charge in [-0.1, -0.05) is 35.4 Å². The predicted octanol–water partition coefficient (Wildman–Crippen LogP) is 1.56. The molecule has 0 aliphatic rings.